The summed E-state index contributed by atoms with van der Waals surface area (Å²) in [5, 5.41) is 9.75. The number of likely N-dealkylation sites (tertiary alicyclic amines) is 1. The molecule has 1 aromatic rings. The van der Waals surface area contributed by atoms with Crippen molar-refractivity contribution in [2.24, 2.45) is 5.92 Å². The summed E-state index contributed by atoms with van der Waals surface area (Å²) in [7, 11) is 0. The van der Waals surface area contributed by atoms with E-state index in [4.69, 9.17) is 0 Å². The molecular formula is C10H16N4S. The highest BCUT2D eigenvalue weighted by Crippen LogP contribution is 2.25. The molecule has 1 N–H and O–H groups in total. The minimum Gasteiger partial charge on any atom is -0.314 e. The Morgan fingerprint density at radius 1 is 1.53 bits per heavy atom. The van der Waals surface area contributed by atoms with E-state index >= 15 is 0 Å². The van der Waals surface area contributed by atoms with Gasteiger partial charge in [0.05, 0.1) is 5.69 Å². The van der Waals surface area contributed by atoms with Crippen LogP contribution in [0.3, 0.4) is 0 Å². The molecule has 2 aliphatic rings. The highest BCUT2D eigenvalue weighted by Gasteiger charge is 2.32. The molecule has 0 spiro atoms. The average Bonchev–Trinajstić information content (AvgIpc) is 2.87. The Bertz CT molecular complexity index is 313. The zero-order chi connectivity index (χ0) is 10.1. The van der Waals surface area contributed by atoms with Crippen LogP contribution in [0.4, 0.5) is 0 Å². The Morgan fingerprint density at radius 3 is 3.40 bits per heavy atom. The number of nitrogens with one attached hydrogen (secondary N) is 1. The molecule has 0 bridgehead atoms. The van der Waals surface area contributed by atoms with Crippen LogP contribution >= 0.6 is 11.5 Å². The van der Waals surface area contributed by atoms with Gasteiger partial charge in [-0.1, -0.05) is 4.49 Å². The molecule has 3 rings (SSSR count). The summed E-state index contributed by atoms with van der Waals surface area (Å²) < 4.78 is 3.91. The third-order valence-electron chi connectivity index (χ3n) is 3.53. The highest BCUT2D eigenvalue weighted by molar-refractivity contribution is 7.03. The van der Waals surface area contributed by atoms with Crippen LogP contribution < -0.4 is 5.32 Å². The van der Waals surface area contributed by atoms with Gasteiger partial charge in [0.1, 0.15) is 0 Å². The molecular weight excluding hydrogens is 208 g/mol. The van der Waals surface area contributed by atoms with Gasteiger partial charge in [-0.25, -0.2) is 0 Å². The number of piperidine rings is 1. The molecule has 0 saturated carbocycles. The van der Waals surface area contributed by atoms with Crippen LogP contribution in [0.2, 0.25) is 0 Å². The van der Waals surface area contributed by atoms with E-state index in [0.29, 0.717) is 0 Å². The van der Waals surface area contributed by atoms with E-state index in [1.54, 1.807) is 0 Å². The van der Waals surface area contributed by atoms with E-state index in [0.717, 1.165) is 24.2 Å². The number of rotatable bonds is 2. The van der Waals surface area contributed by atoms with Crippen LogP contribution in [0, 0.1) is 5.92 Å². The van der Waals surface area contributed by atoms with E-state index in [1.807, 2.05) is 0 Å². The van der Waals surface area contributed by atoms with Crippen LogP contribution in [-0.4, -0.2) is 40.2 Å². The van der Waals surface area contributed by atoms with Crippen molar-refractivity contribution in [2.45, 2.75) is 25.4 Å². The number of aromatic nitrogens is 2. The molecule has 2 atom stereocenters. The fourth-order valence-electron chi connectivity index (χ4n) is 2.75. The Labute approximate surface area is 93.8 Å². The fourth-order valence-corrected chi connectivity index (χ4v) is 3.19. The van der Waals surface area contributed by atoms with Gasteiger partial charge in [-0.05, 0) is 36.8 Å². The minimum absolute atomic E-state index is 0.787. The topological polar surface area (TPSA) is 41.1 Å². The summed E-state index contributed by atoms with van der Waals surface area (Å²) in [6, 6.07) is 0.787. The van der Waals surface area contributed by atoms with Crippen LogP contribution in [0.25, 0.3) is 0 Å². The van der Waals surface area contributed by atoms with Crippen molar-refractivity contribution in [1.29, 1.82) is 0 Å². The summed E-state index contributed by atoms with van der Waals surface area (Å²) in [6.45, 7) is 4.63. The van der Waals surface area contributed by atoms with E-state index in [1.165, 1.54) is 44.0 Å². The van der Waals surface area contributed by atoms with E-state index in [2.05, 4.69) is 25.2 Å². The zero-order valence-corrected chi connectivity index (χ0v) is 9.54. The number of fused-ring (bicyclic) bond motifs is 1. The highest BCUT2D eigenvalue weighted by atomic mass is 32.1. The normalized spacial score (nSPS) is 31.7. The van der Waals surface area contributed by atoms with Crippen molar-refractivity contribution in [1.82, 2.24) is 19.8 Å². The third-order valence-corrected chi connectivity index (χ3v) is 4.08. The average molecular weight is 224 g/mol. The summed E-state index contributed by atoms with van der Waals surface area (Å²) in [6.07, 6.45) is 2.64. The van der Waals surface area contributed by atoms with Gasteiger partial charge in [-0.15, -0.1) is 5.10 Å². The summed E-state index contributed by atoms with van der Waals surface area (Å²) >= 11 is 1.45. The van der Waals surface area contributed by atoms with Crippen LogP contribution in [0.15, 0.2) is 5.38 Å². The Kier molecular flexibility index (Phi) is 2.68. The minimum atomic E-state index is 0.787. The van der Waals surface area contributed by atoms with Crippen molar-refractivity contribution in [3.63, 3.8) is 0 Å². The lowest BCUT2D eigenvalue weighted by atomic mass is 9.93. The number of nitrogens with zero attached hydrogens (tertiary/aromatic N) is 3. The SMILES string of the molecule is c1snnc1CN1CCC2NCCC2C1. The summed E-state index contributed by atoms with van der Waals surface area (Å²) in [5.41, 5.74) is 1.13. The largest absolute Gasteiger partial charge is 0.314 e. The molecule has 2 saturated heterocycles. The van der Waals surface area contributed by atoms with Crippen LogP contribution in [0.5, 0.6) is 0 Å². The van der Waals surface area contributed by atoms with Crippen molar-refractivity contribution in [3.8, 4) is 0 Å². The molecule has 5 heteroatoms. The summed E-state index contributed by atoms with van der Waals surface area (Å²) in [4.78, 5) is 2.52. The molecule has 0 aromatic carbocycles. The lowest BCUT2D eigenvalue weighted by Crippen LogP contribution is -2.43. The quantitative estimate of drug-likeness (QED) is 0.804. The maximum Gasteiger partial charge on any atom is 0.0895 e. The number of hydrogen-bond acceptors (Lipinski definition) is 5. The monoisotopic (exact) mass is 224 g/mol. The standard InChI is InChI=1S/C10H16N4S/c1-3-11-10-2-4-14(5-8(1)10)6-9-7-15-13-12-9/h7-8,10-11H,1-6H2. The van der Waals surface area contributed by atoms with Gasteiger partial charge < -0.3 is 5.32 Å². The van der Waals surface area contributed by atoms with E-state index in [9.17, 15) is 0 Å². The maximum atomic E-state index is 4.11. The molecule has 0 amide bonds. The van der Waals surface area contributed by atoms with Gasteiger partial charge in [0.15, 0.2) is 0 Å². The van der Waals surface area contributed by atoms with Crippen molar-refractivity contribution >= 4 is 11.5 Å². The molecule has 82 valence electrons. The first kappa shape index (κ1) is 9.69. The molecule has 4 nitrogen and oxygen atoms in total. The lowest BCUT2D eigenvalue weighted by Gasteiger charge is -2.34. The second kappa shape index (κ2) is 4.15. The smallest absolute Gasteiger partial charge is 0.0895 e. The molecule has 2 aliphatic heterocycles. The van der Waals surface area contributed by atoms with Crippen molar-refractivity contribution < 1.29 is 0 Å². The van der Waals surface area contributed by atoms with E-state index < -0.39 is 0 Å². The molecule has 15 heavy (non-hydrogen) atoms. The van der Waals surface area contributed by atoms with Gasteiger partial charge in [0, 0.05) is 31.1 Å². The first-order valence-corrected chi connectivity index (χ1v) is 6.47. The number of hydrogen-bond donors (Lipinski definition) is 1. The first-order chi connectivity index (χ1) is 7.42. The Balaban J connectivity index is 1.59. The lowest BCUT2D eigenvalue weighted by molar-refractivity contribution is 0.154. The van der Waals surface area contributed by atoms with Gasteiger partial charge in [0.2, 0.25) is 0 Å². The maximum absolute atomic E-state index is 4.11. The molecule has 2 unspecified atom stereocenters. The second-order valence-corrected chi connectivity index (χ2v) is 5.14. The van der Waals surface area contributed by atoms with Crippen molar-refractivity contribution in [3.05, 3.63) is 11.1 Å². The predicted octanol–water partition coefficient (Wildman–Crippen LogP) is 0.722. The second-order valence-electron chi connectivity index (χ2n) is 4.53. The first-order valence-electron chi connectivity index (χ1n) is 5.63. The van der Waals surface area contributed by atoms with Crippen LogP contribution in [-0.2, 0) is 6.54 Å². The Hall–Kier alpha value is -0.520. The van der Waals surface area contributed by atoms with Gasteiger partial charge in [0.25, 0.3) is 0 Å². The van der Waals surface area contributed by atoms with Crippen LogP contribution in [0.1, 0.15) is 18.5 Å². The third kappa shape index (κ3) is 2.04. The predicted molar refractivity (Wildman–Crippen MR) is 59.7 cm³/mol. The van der Waals surface area contributed by atoms with Gasteiger partial charge in [-0.3, -0.25) is 4.90 Å². The van der Waals surface area contributed by atoms with Gasteiger partial charge in [-0.2, -0.15) is 0 Å². The molecule has 1 aromatic heterocycles. The zero-order valence-electron chi connectivity index (χ0n) is 8.72. The molecule has 0 aliphatic carbocycles. The van der Waals surface area contributed by atoms with Gasteiger partial charge >= 0.3 is 0 Å². The molecule has 3 heterocycles. The fraction of sp³-hybridized carbons (Fsp3) is 0.800. The molecule has 0 radical (unpaired) electrons. The molecule has 2 fully saturated rings. The Morgan fingerprint density at radius 2 is 2.53 bits per heavy atom. The van der Waals surface area contributed by atoms with Crippen molar-refractivity contribution in [2.75, 3.05) is 19.6 Å². The van der Waals surface area contributed by atoms with E-state index in [-0.39, 0.29) is 0 Å². The summed E-state index contributed by atoms with van der Waals surface area (Å²) in [5.74, 6) is 0.866.